The largest absolute Gasteiger partial charge is 0.408 e. The Morgan fingerprint density at radius 3 is 2.29 bits per heavy atom. The standard InChI is InChI=1S/C7H9F3N2.C2H6/c1-2-6-3-4-12(11-6)5-7(8,9)10;1-2/h3-4H,2,5H2,1H3;1-2H3. The molecule has 0 aromatic carbocycles. The minimum absolute atomic E-state index is 0.658. The molecule has 82 valence electrons. The average molecular weight is 208 g/mol. The van der Waals surface area contributed by atoms with Gasteiger partial charge in [0.25, 0.3) is 0 Å². The molecule has 1 aromatic heterocycles. The Bertz CT molecular complexity index is 253. The van der Waals surface area contributed by atoms with E-state index in [9.17, 15) is 13.2 Å². The first-order chi connectivity index (χ1) is 6.51. The first-order valence-corrected chi connectivity index (χ1v) is 4.60. The molecule has 14 heavy (non-hydrogen) atoms. The van der Waals surface area contributed by atoms with Crippen LogP contribution < -0.4 is 0 Å². The van der Waals surface area contributed by atoms with Crippen LogP contribution in [0.3, 0.4) is 0 Å². The molecular weight excluding hydrogens is 193 g/mol. The Labute approximate surface area is 81.7 Å². The maximum Gasteiger partial charge on any atom is 0.408 e. The van der Waals surface area contributed by atoms with Crippen molar-refractivity contribution in [1.82, 2.24) is 9.78 Å². The van der Waals surface area contributed by atoms with E-state index in [4.69, 9.17) is 0 Å². The fourth-order valence-corrected chi connectivity index (χ4v) is 0.864. The third-order valence-corrected chi connectivity index (χ3v) is 1.40. The SMILES string of the molecule is CC.CCc1ccn(CC(F)(F)F)n1. The quantitative estimate of drug-likeness (QED) is 0.730. The lowest BCUT2D eigenvalue weighted by atomic mass is 10.4. The molecule has 0 spiro atoms. The van der Waals surface area contributed by atoms with Gasteiger partial charge in [0, 0.05) is 6.20 Å². The van der Waals surface area contributed by atoms with E-state index in [2.05, 4.69) is 5.10 Å². The number of aromatic nitrogens is 2. The molecular formula is C9H15F3N2. The number of hydrogen-bond donors (Lipinski definition) is 0. The molecule has 1 heterocycles. The van der Waals surface area contributed by atoms with Crippen LogP contribution in [0.4, 0.5) is 13.2 Å². The van der Waals surface area contributed by atoms with Crippen LogP contribution in [0, 0.1) is 0 Å². The summed E-state index contributed by atoms with van der Waals surface area (Å²) >= 11 is 0. The van der Waals surface area contributed by atoms with Crippen LogP contribution in [0.2, 0.25) is 0 Å². The van der Waals surface area contributed by atoms with Gasteiger partial charge in [-0.1, -0.05) is 20.8 Å². The van der Waals surface area contributed by atoms with Crippen molar-refractivity contribution in [3.63, 3.8) is 0 Å². The average Bonchev–Trinajstić information content (AvgIpc) is 2.53. The zero-order valence-electron chi connectivity index (χ0n) is 8.60. The van der Waals surface area contributed by atoms with Gasteiger partial charge in [-0.2, -0.15) is 18.3 Å². The first kappa shape index (κ1) is 13.0. The van der Waals surface area contributed by atoms with Crippen LogP contribution in [0.15, 0.2) is 12.3 Å². The summed E-state index contributed by atoms with van der Waals surface area (Å²) in [4.78, 5) is 0. The van der Waals surface area contributed by atoms with Crippen molar-refractivity contribution in [3.8, 4) is 0 Å². The summed E-state index contributed by atoms with van der Waals surface area (Å²) in [5.41, 5.74) is 0.680. The highest BCUT2D eigenvalue weighted by molar-refractivity contribution is 4.98. The highest BCUT2D eigenvalue weighted by Gasteiger charge is 2.28. The molecule has 0 saturated carbocycles. The van der Waals surface area contributed by atoms with Gasteiger partial charge in [0.05, 0.1) is 5.69 Å². The minimum Gasteiger partial charge on any atom is -0.263 e. The predicted molar refractivity (Wildman–Crippen MR) is 49.0 cm³/mol. The molecule has 0 atom stereocenters. The van der Waals surface area contributed by atoms with Crippen molar-refractivity contribution >= 4 is 0 Å². The maximum absolute atomic E-state index is 11.8. The number of aryl methyl sites for hydroxylation is 1. The molecule has 5 heteroatoms. The summed E-state index contributed by atoms with van der Waals surface area (Å²) < 4.78 is 36.3. The van der Waals surface area contributed by atoms with E-state index >= 15 is 0 Å². The van der Waals surface area contributed by atoms with Crippen LogP contribution in [0.1, 0.15) is 26.5 Å². The van der Waals surface area contributed by atoms with E-state index < -0.39 is 12.7 Å². The lowest BCUT2D eigenvalue weighted by Crippen LogP contribution is -2.18. The number of halogens is 3. The Kier molecular flexibility index (Phi) is 5.27. The van der Waals surface area contributed by atoms with E-state index in [1.54, 1.807) is 6.07 Å². The molecule has 0 N–H and O–H groups in total. The van der Waals surface area contributed by atoms with Crippen molar-refractivity contribution in [1.29, 1.82) is 0 Å². The smallest absolute Gasteiger partial charge is 0.263 e. The summed E-state index contributed by atoms with van der Waals surface area (Å²) in [5, 5.41) is 3.71. The molecule has 0 fully saturated rings. The zero-order valence-corrected chi connectivity index (χ0v) is 8.60. The molecule has 1 aromatic rings. The number of nitrogens with zero attached hydrogens (tertiary/aromatic N) is 2. The van der Waals surface area contributed by atoms with E-state index in [0.29, 0.717) is 12.1 Å². The van der Waals surface area contributed by atoms with E-state index in [-0.39, 0.29) is 0 Å². The summed E-state index contributed by atoms with van der Waals surface area (Å²) in [5.74, 6) is 0. The normalized spacial score (nSPS) is 10.7. The predicted octanol–water partition coefficient (Wildman–Crippen LogP) is 3.03. The summed E-state index contributed by atoms with van der Waals surface area (Å²) in [7, 11) is 0. The van der Waals surface area contributed by atoms with Crippen molar-refractivity contribution in [3.05, 3.63) is 18.0 Å². The van der Waals surface area contributed by atoms with E-state index in [0.717, 1.165) is 4.68 Å². The van der Waals surface area contributed by atoms with Crippen LogP contribution in [0.5, 0.6) is 0 Å². The third kappa shape index (κ3) is 4.89. The second-order valence-electron chi connectivity index (χ2n) is 2.47. The van der Waals surface area contributed by atoms with Crippen molar-refractivity contribution in [2.45, 2.75) is 39.9 Å². The Morgan fingerprint density at radius 2 is 1.93 bits per heavy atom. The molecule has 0 bridgehead atoms. The van der Waals surface area contributed by atoms with Crippen molar-refractivity contribution in [2.24, 2.45) is 0 Å². The first-order valence-electron chi connectivity index (χ1n) is 4.60. The molecule has 2 nitrogen and oxygen atoms in total. The number of alkyl halides is 3. The van der Waals surface area contributed by atoms with Gasteiger partial charge < -0.3 is 0 Å². The van der Waals surface area contributed by atoms with Gasteiger partial charge in [-0.05, 0) is 12.5 Å². The number of rotatable bonds is 2. The van der Waals surface area contributed by atoms with Crippen LogP contribution >= 0.6 is 0 Å². The van der Waals surface area contributed by atoms with E-state index in [1.807, 2.05) is 20.8 Å². The summed E-state index contributed by atoms with van der Waals surface area (Å²) in [6, 6.07) is 1.59. The molecule has 0 radical (unpaired) electrons. The topological polar surface area (TPSA) is 17.8 Å². The highest BCUT2D eigenvalue weighted by atomic mass is 19.4. The fraction of sp³-hybridized carbons (Fsp3) is 0.667. The Balaban J connectivity index is 0.000000791. The fourth-order valence-electron chi connectivity index (χ4n) is 0.864. The van der Waals surface area contributed by atoms with Gasteiger partial charge in [-0.3, -0.25) is 4.68 Å². The van der Waals surface area contributed by atoms with Gasteiger partial charge in [0.1, 0.15) is 6.54 Å². The van der Waals surface area contributed by atoms with Crippen LogP contribution in [0.25, 0.3) is 0 Å². The van der Waals surface area contributed by atoms with Crippen LogP contribution in [-0.4, -0.2) is 16.0 Å². The lowest BCUT2D eigenvalue weighted by molar-refractivity contribution is -0.142. The van der Waals surface area contributed by atoms with Gasteiger partial charge in [-0.25, -0.2) is 0 Å². The summed E-state index contributed by atoms with van der Waals surface area (Å²) in [6.07, 6.45) is -2.19. The lowest BCUT2D eigenvalue weighted by Gasteiger charge is -2.04. The molecule has 0 aliphatic rings. The number of hydrogen-bond acceptors (Lipinski definition) is 1. The minimum atomic E-state index is -4.18. The molecule has 0 aliphatic heterocycles. The Morgan fingerprint density at radius 1 is 1.36 bits per heavy atom. The van der Waals surface area contributed by atoms with Gasteiger partial charge >= 0.3 is 6.18 Å². The zero-order chi connectivity index (χ0) is 11.2. The van der Waals surface area contributed by atoms with Gasteiger partial charge in [0.15, 0.2) is 0 Å². The molecule has 1 rings (SSSR count). The van der Waals surface area contributed by atoms with Crippen molar-refractivity contribution < 1.29 is 13.2 Å². The Hall–Kier alpha value is -1.00. The van der Waals surface area contributed by atoms with Crippen LogP contribution in [-0.2, 0) is 13.0 Å². The summed E-state index contributed by atoms with van der Waals surface area (Å²) in [6.45, 7) is 4.84. The van der Waals surface area contributed by atoms with E-state index in [1.165, 1.54) is 6.20 Å². The second kappa shape index (κ2) is 5.67. The second-order valence-corrected chi connectivity index (χ2v) is 2.47. The van der Waals surface area contributed by atoms with Gasteiger partial charge in [0.2, 0.25) is 0 Å². The van der Waals surface area contributed by atoms with Gasteiger partial charge in [-0.15, -0.1) is 0 Å². The molecule has 0 saturated heterocycles. The maximum atomic E-state index is 11.8. The van der Waals surface area contributed by atoms with Crippen molar-refractivity contribution in [2.75, 3.05) is 0 Å². The molecule has 0 unspecified atom stereocenters. The monoisotopic (exact) mass is 208 g/mol. The third-order valence-electron chi connectivity index (χ3n) is 1.40. The molecule has 0 amide bonds. The molecule has 0 aliphatic carbocycles. The highest BCUT2D eigenvalue weighted by Crippen LogP contribution is 2.16.